The number of unbranched alkanes of at least 4 members (excludes halogenated alkanes) is 3. The number of rotatable bonds is 11. The minimum atomic E-state index is -0.0755. The summed E-state index contributed by atoms with van der Waals surface area (Å²) in [5, 5.41) is 16.0. The van der Waals surface area contributed by atoms with Gasteiger partial charge in [0.1, 0.15) is 6.07 Å². The zero-order chi connectivity index (χ0) is 23.6. The Morgan fingerprint density at radius 2 is 1.70 bits per heavy atom. The number of amides is 2. The van der Waals surface area contributed by atoms with Gasteiger partial charge >= 0.3 is 0 Å². The van der Waals surface area contributed by atoms with E-state index >= 15 is 0 Å². The quantitative estimate of drug-likeness (QED) is 0.239. The van der Waals surface area contributed by atoms with Crippen LogP contribution in [0.3, 0.4) is 0 Å². The van der Waals surface area contributed by atoms with Crippen molar-refractivity contribution in [1.82, 2.24) is 15.6 Å². The first-order chi connectivity index (χ1) is 16.0. The van der Waals surface area contributed by atoms with Gasteiger partial charge in [0, 0.05) is 42.1 Å². The monoisotopic (exact) mass is 463 g/mol. The van der Waals surface area contributed by atoms with Crippen LogP contribution in [0, 0.1) is 18.3 Å². The third-order valence-corrected chi connectivity index (χ3v) is 6.15. The SMILES string of the molecule is CC(=O)NCCCCCCNC(=O)c1ccc(SNc2ccc(C)c3c(C#N)c[nH]c23)cc1. The average Bonchev–Trinajstić information content (AvgIpc) is 3.26. The van der Waals surface area contributed by atoms with E-state index in [9.17, 15) is 14.9 Å². The normalized spacial score (nSPS) is 10.6. The molecule has 0 aliphatic rings. The van der Waals surface area contributed by atoms with E-state index in [1.807, 2.05) is 43.3 Å². The van der Waals surface area contributed by atoms with Crippen LogP contribution in [0.5, 0.6) is 0 Å². The van der Waals surface area contributed by atoms with Crippen molar-refractivity contribution in [2.24, 2.45) is 0 Å². The Morgan fingerprint density at radius 3 is 2.36 bits per heavy atom. The molecule has 0 saturated heterocycles. The first kappa shape index (κ1) is 24.2. The van der Waals surface area contributed by atoms with Crippen molar-refractivity contribution in [3.8, 4) is 6.07 Å². The van der Waals surface area contributed by atoms with E-state index in [-0.39, 0.29) is 11.8 Å². The number of aromatic nitrogens is 1. The molecule has 172 valence electrons. The number of carbonyl (C=O) groups excluding carboxylic acids is 2. The van der Waals surface area contributed by atoms with E-state index in [4.69, 9.17) is 0 Å². The van der Waals surface area contributed by atoms with Crippen LogP contribution in [0.25, 0.3) is 10.9 Å². The number of hydrogen-bond acceptors (Lipinski definition) is 5. The van der Waals surface area contributed by atoms with E-state index in [0.29, 0.717) is 24.2 Å². The summed E-state index contributed by atoms with van der Waals surface area (Å²) in [5.74, 6) is -0.0713. The fraction of sp³-hybridized carbons (Fsp3) is 0.320. The Bertz CT molecular complexity index is 1150. The lowest BCUT2D eigenvalue weighted by Gasteiger charge is -2.09. The number of nitriles is 1. The highest BCUT2D eigenvalue weighted by atomic mass is 32.2. The lowest BCUT2D eigenvalue weighted by molar-refractivity contribution is -0.118. The largest absolute Gasteiger partial charge is 0.358 e. The summed E-state index contributed by atoms with van der Waals surface area (Å²) in [6.07, 6.45) is 5.65. The molecule has 1 aromatic heterocycles. The Balaban J connectivity index is 1.44. The zero-order valence-electron chi connectivity index (χ0n) is 19.0. The summed E-state index contributed by atoms with van der Waals surface area (Å²) in [6, 6.07) is 13.7. The van der Waals surface area contributed by atoms with E-state index in [1.54, 1.807) is 6.20 Å². The molecule has 33 heavy (non-hydrogen) atoms. The van der Waals surface area contributed by atoms with Crippen molar-refractivity contribution in [3.05, 3.63) is 59.3 Å². The topological polar surface area (TPSA) is 110 Å². The van der Waals surface area contributed by atoms with Crippen LogP contribution >= 0.6 is 11.9 Å². The summed E-state index contributed by atoms with van der Waals surface area (Å²) in [6.45, 7) is 4.86. The van der Waals surface area contributed by atoms with Crippen molar-refractivity contribution in [2.75, 3.05) is 17.8 Å². The first-order valence-corrected chi connectivity index (χ1v) is 11.9. The van der Waals surface area contributed by atoms with Crippen molar-refractivity contribution < 1.29 is 9.59 Å². The molecule has 2 aromatic carbocycles. The molecule has 4 N–H and O–H groups in total. The summed E-state index contributed by atoms with van der Waals surface area (Å²) in [4.78, 5) is 27.3. The van der Waals surface area contributed by atoms with Crippen LogP contribution in [0.2, 0.25) is 0 Å². The van der Waals surface area contributed by atoms with Gasteiger partial charge in [0.2, 0.25) is 5.91 Å². The standard InChI is InChI=1S/C25H29N5O2S/c1-17-7-12-22(24-23(17)20(15-26)16-29-24)30-33-21-10-8-19(9-11-21)25(32)28-14-6-4-3-5-13-27-18(2)31/h7-12,16,29-30H,3-6,13-14H2,1-2H3,(H,27,31)(H,28,32). The molecule has 0 unspecified atom stereocenters. The van der Waals surface area contributed by atoms with Crippen LogP contribution in [0.15, 0.2) is 47.5 Å². The van der Waals surface area contributed by atoms with Crippen LogP contribution in [0.4, 0.5) is 5.69 Å². The van der Waals surface area contributed by atoms with Gasteiger partial charge in [-0.3, -0.25) is 9.59 Å². The molecule has 1 heterocycles. The maximum absolute atomic E-state index is 12.3. The number of aryl methyl sites for hydroxylation is 1. The van der Waals surface area contributed by atoms with Gasteiger partial charge in [-0.05, 0) is 67.6 Å². The number of fused-ring (bicyclic) bond motifs is 1. The van der Waals surface area contributed by atoms with Crippen LogP contribution in [0.1, 0.15) is 54.1 Å². The maximum Gasteiger partial charge on any atom is 0.251 e. The number of aromatic amines is 1. The van der Waals surface area contributed by atoms with E-state index in [0.717, 1.165) is 52.7 Å². The molecule has 2 amide bonds. The molecule has 3 rings (SSSR count). The summed E-state index contributed by atoms with van der Waals surface area (Å²) in [5.41, 5.74) is 4.13. The lowest BCUT2D eigenvalue weighted by atomic mass is 10.1. The number of nitrogens with one attached hydrogen (secondary N) is 4. The minimum absolute atomic E-state index is 0.00428. The minimum Gasteiger partial charge on any atom is -0.358 e. The van der Waals surface area contributed by atoms with Crippen molar-refractivity contribution >= 4 is 40.4 Å². The maximum atomic E-state index is 12.3. The highest BCUT2D eigenvalue weighted by molar-refractivity contribution is 8.00. The number of carbonyl (C=O) groups is 2. The first-order valence-electron chi connectivity index (χ1n) is 11.1. The van der Waals surface area contributed by atoms with Gasteiger partial charge in [-0.25, -0.2) is 0 Å². The second kappa shape index (κ2) is 12.0. The number of nitrogens with zero attached hydrogens (tertiary/aromatic N) is 1. The number of hydrogen-bond donors (Lipinski definition) is 4. The predicted molar refractivity (Wildman–Crippen MR) is 133 cm³/mol. The number of H-pyrrole nitrogens is 1. The molecule has 0 spiro atoms. The molecule has 0 bridgehead atoms. The Kier molecular flexibility index (Phi) is 8.79. The molecular formula is C25H29N5O2S. The smallest absolute Gasteiger partial charge is 0.251 e. The van der Waals surface area contributed by atoms with Gasteiger partial charge in [0.05, 0.1) is 16.8 Å². The van der Waals surface area contributed by atoms with Gasteiger partial charge in [0.15, 0.2) is 0 Å². The van der Waals surface area contributed by atoms with E-state index < -0.39 is 0 Å². The van der Waals surface area contributed by atoms with Gasteiger partial charge in [0.25, 0.3) is 5.91 Å². The van der Waals surface area contributed by atoms with Crippen molar-refractivity contribution in [3.63, 3.8) is 0 Å². The molecule has 8 heteroatoms. The van der Waals surface area contributed by atoms with Crippen molar-refractivity contribution in [2.45, 2.75) is 44.4 Å². The van der Waals surface area contributed by atoms with Crippen LogP contribution in [-0.4, -0.2) is 29.9 Å². The van der Waals surface area contributed by atoms with Crippen molar-refractivity contribution in [1.29, 1.82) is 5.26 Å². The summed E-state index contributed by atoms with van der Waals surface area (Å²) in [7, 11) is 0. The van der Waals surface area contributed by atoms with E-state index in [2.05, 4.69) is 26.4 Å². The van der Waals surface area contributed by atoms with Crippen LogP contribution < -0.4 is 15.4 Å². The summed E-state index contributed by atoms with van der Waals surface area (Å²) < 4.78 is 3.34. The second-order valence-electron chi connectivity index (χ2n) is 7.88. The van der Waals surface area contributed by atoms with Gasteiger partial charge < -0.3 is 20.3 Å². The average molecular weight is 464 g/mol. The fourth-order valence-corrected chi connectivity index (χ4v) is 4.22. The molecule has 0 saturated carbocycles. The number of anilines is 1. The van der Waals surface area contributed by atoms with Gasteiger partial charge in [-0.15, -0.1) is 0 Å². The second-order valence-corrected chi connectivity index (χ2v) is 8.76. The zero-order valence-corrected chi connectivity index (χ0v) is 19.8. The molecule has 0 aliphatic heterocycles. The fourth-order valence-electron chi connectivity index (χ4n) is 3.55. The third kappa shape index (κ3) is 6.77. The van der Waals surface area contributed by atoms with Gasteiger partial charge in [-0.2, -0.15) is 5.26 Å². The Morgan fingerprint density at radius 1 is 1.00 bits per heavy atom. The molecule has 7 nitrogen and oxygen atoms in total. The molecule has 0 aliphatic carbocycles. The Hall–Kier alpha value is -3.44. The predicted octanol–water partition coefficient (Wildman–Crippen LogP) is 4.89. The highest BCUT2D eigenvalue weighted by Gasteiger charge is 2.11. The third-order valence-electron chi connectivity index (χ3n) is 5.32. The summed E-state index contributed by atoms with van der Waals surface area (Å²) >= 11 is 1.45. The molecule has 0 fully saturated rings. The number of benzene rings is 2. The molecule has 0 atom stereocenters. The van der Waals surface area contributed by atoms with Gasteiger partial charge in [-0.1, -0.05) is 18.9 Å². The van der Waals surface area contributed by atoms with E-state index in [1.165, 1.54) is 18.9 Å². The Labute approximate surface area is 198 Å². The lowest BCUT2D eigenvalue weighted by Crippen LogP contribution is -2.24. The highest BCUT2D eigenvalue weighted by Crippen LogP contribution is 2.31. The molecular weight excluding hydrogens is 434 g/mol. The molecule has 0 radical (unpaired) electrons. The van der Waals surface area contributed by atoms with Crippen LogP contribution in [-0.2, 0) is 4.79 Å². The molecule has 3 aromatic rings.